The average Bonchev–Trinajstić information content (AvgIpc) is 2.34. The van der Waals surface area contributed by atoms with E-state index < -0.39 is 0 Å². The first-order chi connectivity index (χ1) is 8.56. The molecule has 5 heteroatoms. The number of amides is 2. The molecule has 1 aromatic carbocycles. The third-order valence-corrected chi connectivity index (χ3v) is 2.55. The first kappa shape index (κ1) is 12.4. The van der Waals surface area contributed by atoms with Gasteiger partial charge in [-0.2, -0.15) is 0 Å². The van der Waals surface area contributed by atoms with Crippen LogP contribution in [0.3, 0.4) is 0 Å². The maximum absolute atomic E-state index is 11.9. The minimum absolute atomic E-state index is 0.0197. The molecule has 2 amide bonds. The number of nitrogens with one attached hydrogen (secondary N) is 2. The van der Waals surface area contributed by atoms with Crippen molar-refractivity contribution in [2.24, 2.45) is 5.92 Å². The van der Waals surface area contributed by atoms with Gasteiger partial charge in [-0.1, -0.05) is 13.8 Å². The fourth-order valence-corrected chi connectivity index (χ4v) is 1.62. The Kier molecular flexibility index (Phi) is 3.50. The van der Waals surface area contributed by atoms with Crippen molar-refractivity contribution in [1.29, 1.82) is 0 Å². The molecule has 2 N–H and O–H groups in total. The molecule has 1 aliphatic heterocycles. The predicted octanol–water partition coefficient (Wildman–Crippen LogP) is 1.40. The van der Waals surface area contributed by atoms with Crippen LogP contribution in [0.4, 0.5) is 5.69 Å². The van der Waals surface area contributed by atoms with Crippen LogP contribution in [0.5, 0.6) is 5.75 Å². The summed E-state index contributed by atoms with van der Waals surface area (Å²) in [6.45, 7) is 4.70. The summed E-state index contributed by atoms with van der Waals surface area (Å²) in [6.07, 6.45) is 0. The first-order valence-corrected chi connectivity index (χ1v) is 5.91. The van der Waals surface area contributed by atoms with Crippen LogP contribution in [0.1, 0.15) is 24.2 Å². The molecule has 1 aliphatic rings. The minimum atomic E-state index is -0.206. The molecule has 1 aromatic rings. The van der Waals surface area contributed by atoms with Crippen LogP contribution in [0.25, 0.3) is 0 Å². The number of anilines is 1. The number of carbonyl (C=O) groups excluding carboxylic acids is 2. The Labute approximate surface area is 106 Å². The van der Waals surface area contributed by atoms with E-state index in [1.165, 1.54) is 0 Å². The van der Waals surface area contributed by atoms with E-state index in [-0.39, 0.29) is 18.4 Å². The summed E-state index contributed by atoms with van der Waals surface area (Å²) in [7, 11) is 0. The van der Waals surface area contributed by atoms with Gasteiger partial charge in [-0.05, 0) is 24.1 Å². The van der Waals surface area contributed by atoms with Gasteiger partial charge in [0, 0.05) is 12.1 Å². The van der Waals surface area contributed by atoms with Crippen LogP contribution in [0.15, 0.2) is 18.2 Å². The summed E-state index contributed by atoms with van der Waals surface area (Å²) in [5, 5.41) is 5.50. The summed E-state index contributed by atoms with van der Waals surface area (Å²) in [5.41, 5.74) is 1.06. The topological polar surface area (TPSA) is 67.4 Å². The Balaban J connectivity index is 2.13. The highest BCUT2D eigenvalue weighted by Gasteiger charge is 2.17. The second kappa shape index (κ2) is 5.08. The van der Waals surface area contributed by atoms with Gasteiger partial charge >= 0.3 is 0 Å². The number of hydrogen-bond acceptors (Lipinski definition) is 3. The van der Waals surface area contributed by atoms with E-state index in [1.54, 1.807) is 18.2 Å². The number of ether oxygens (including phenoxy) is 1. The molecule has 0 bridgehead atoms. The van der Waals surface area contributed by atoms with Gasteiger partial charge < -0.3 is 15.4 Å². The molecule has 0 aromatic heterocycles. The largest absolute Gasteiger partial charge is 0.482 e. The van der Waals surface area contributed by atoms with E-state index in [1.807, 2.05) is 13.8 Å². The second-order valence-corrected chi connectivity index (χ2v) is 4.65. The average molecular weight is 248 g/mol. The highest BCUT2D eigenvalue weighted by atomic mass is 16.5. The van der Waals surface area contributed by atoms with Crippen LogP contribution in [0.2, 0.25) is 0 Å². The molecule has 18 heavy (non-hydrogen) atoms. The van der Waals surface area contributed by atoms with Gasteiger partial charge in [0.05, 0.1) is 5.69 Å². The first-order valence-electron chi connectivity index (χ1n) is 5.91. The smallest absolute Gasteiger partial charge is 0.262 e. The number of carbonyl (C=O) groups is 2. The number of hydrogen-bond donors (Lipinski definition) is 2. The predicted molar refractivity (Wildman–Crippen MR) is 67.7 cm³/mol. The zero-order chi connectivity index (χ0) is 13.1. The molecule has 0 fully saturated rings. The molecule has 0 atom stereocenters. The lowest BCUT2D eigenvalue weighted by Crippen LogP contribution is -2.28. The monoisotopic (exact) mass is 248 g/mol. The summed E-state index contributed by atoms with van der Waals surface area (Å²) in [4.78, 5) is 23.0. The lowest BCUT2D eigenvalue weighted by molar-refractivity contribution is -0.118. The quantitative estimate of drug-likeness (QED) is 0.849. The Hall–Kier alpha value is -2.04. The molecule has 1 heterocycles. The molecule has 5 nitrogen and oxygen atoms in total. The van der Waals surface area contributed by atoms with Crippen molar-refractivity contribution in [3.8, 4) is 5.75 Å². The van der Waals surface area contributed by atoms with Gasteiger partial charge in [0.2, 0.25) is 0 Å². The maximum atomic E-state index is 11.9. The Morgan fingerprint density at radius 1 is 1.50 bits per heavy atom. The SMILES string of the molecule is CC(C)CNC(=O)c1ccc2c(c1)NC(=O)CO2. The van der Waals surface area contributed by atoms with E-state index in [0.717, 1.165) is 0 Å². The number of fused-ring (bicyclic) bond motifs is 1. The van der Waals surface area contributed by atoms with Crippen molar-refractivity contribution >= 4 is 17.5 Å². The van der Waals surface area contributed by atoms with Crippen LogP contribution in [-0.4, -0.2) is 25.0 Å². The molecule has 0 spiro atoms. The number of benzene rings is 1. The zero-order valence-electron chi connectivity index (χ0n) is 10.4. The summed E-state index contributed by atoms with van der Waals surface area (Å²) < 4.78 is 5.22. The molecule has 0 saturated heterocycles. The molecule has 0 aliphatic carbocycles. The summed E-state index contributed by atoms with van der Waals surface area (Å²) in [6, 6.07) is 5.01. The third-order valence-electron chi connectivity index (χ3n) is 2.55. The Morgan fingerprint density at radius 3 is 3.00 bits per heavy atom. The van der Waals surface area contributed by atoms with E-state index >= 15 is 0 Å². The molecule has 0 radical (unpaired) electrons. The molecule has 0 unspecified atom stereocenters. The molecule has 96 valence electrons. The van der Waals surface area contributed by atoms with Gasteiger partial charge in [0.1, 0.15) is 5.75 Å². The standard InChI is InChI=1S/C13H16N2O3/c1-8(2)6-14-13(17)9-3-4-11-10(5-9)15-12(16)7-18-11/h3-5,8H,6-7H2,1-2H3,(H,14,17)(H,15,16). The lowest BCUT2D eigenvalue weighted by atomic mass is 10.1. The number of rotatable bonds is 3. The van der Waals surface area contributed by atoms with Crippen molar-refractivity contribution in [3.05, 3.63) is 23.8 Å². The van der Waals surface area contributed by atoms with Crippen molar-refractivity contribution in [1.82, 2.24) is 5.32 Å². The van der Waals surface area contributed by atoms with Crippen LogP contribution in [-0.2, 0) is 4.79 Å². The van der Waals surface area contributed by atoms with E-state index in [0.29, 0.717) is 29.5 Å². The molecular formula is C13H16N2O3. The summed E-state index contributed by atoms with van der Waals surface area (Å²) >= 11 is 0. The van der Waals surface area contributed by atoms with Crippen molar-refractivity contribution in [2.45, 2.75) is 13.8 Å². The van der Waals surface area contributed by atoms with Gasteiger partial charge in [-0.3, -0.25) is 9.59 Å². The van der Waals surface area contributed by atoms with Gasteiger partial charge in [0.15, 0.2) is 6.61 Å². The van der Waals surface area contributed by atoms with Gasteiger partial charge in [-0.25, -0.2) is 0 Å². The van der Waals surface area contributed by atoms with E-state index in [9.17, 15) is 9.59 Å². The van der Waals surface area contributed by atoms with Crippen molar-refractivity contribution in [3.63, 3.8) is 0 Å². The van der Waals surface area contributed by atoms with Crippen LogP contribution >= 0.6 is 0 Å². The fraction of sp³-hybridized carbons (Fsp3) is 0.385. The van der Waals surface area contributed by atoms with Crippen molar-refractivity contribution in [2.75, 3.05) is 18.5 Å². The van der Waals surface area contributed by atoms with Crippen molar-refractivity contribution < 1.29 is 14.3 Å². The third kappa shape index (κ3) is 2.80. The van der Waals surface area contributed by atoms with Crippen LogP contribution in [0, 0.1) is 5.92 Å². The summed E-state index contributed by atoms with van der Waals surface area (Å²) in [5.74, 6) is 0.637. The molecule has 2 rings (SSSR count). The Bertz CT molecular complexity index is 483. The van der Waals surface area contributed by atoms with Gasteiger partial charge in [0.25, 0.3) is 11.8 Å². The zero-order valence-corrected chi connectivity index (χ0v) is 10.4. The Morgan fingerprint density at radius 2 is 2.28 bits per heavy atom. The fourth-order valence-electron chi connectivity index (χ4n) is 1.62. The molecule has 0 saturated carbocycles. The second-order valence-electron chi connectivity index (χ2n) is 4.65. The van der Waals surface area contributed by atoms with E-state index in [4.69, 9.17) is 4.74 Å². The minimum Gasteiger partial charge on any atom is -0.482 e. The normalized spacial score (nSPS) is 13.6. The highest BCUT2D eigenvalue weighted by Crippen LogP contribution is 2.28. The van der Waals surface area contributed by atoms with Crippen LogP contribution < -0.4 is 15.4 Å². The highest BCUT2D eigenvalue weighted by molar-refractivity contribution is 5.99. The lowest BCUT2D eigenvalue weighted by Gasteiger charge is -2.18. The van der Waals surface area contributed by atoms with Gasteiger partial charge in [-0.15, -0.1) is 0 Å². The maximum Gasteiger partial charge on any atom is 0.262 e. The van der Waals surface area contributed by atoms with E-state index in [2.05, 4.69) is 10.6 Å². The molecular weight excluding hydrogens is 232 g/mol.